The first-order chi connectivity index (χ1) is 9.88. The van der Waals surface area contributed by atoms with Gasteiger partial charge in [-0.25, -0.2) is 4.98 Å². The number of benzene rings is 1. The number of hydrogen-bond acceptors (Lipinski definition) is 4. The molecule has 0 unspecified atom stereocenters. The van der Waals surface area contributed by atoms with E-state index in [1.54, 1.807) is 13.0 Å². The number of aromatic nitrogens is 1. The minimum atomic E-state index is -0.601. The molecule has 21 heavy (non-hydrogen) atoms. The van der Waals surface area contributed by atoms with Crippen molar-refractivity contribution in [1.29, 1.82) is 0 Å². The molecular weight excluding hydrogens is 317 g/mol. The summed E-state index contributed by atoms with van der Waals surface area (Å²) < 4.78 is 0. The third-order valence-electron chi connectivity index (χ3n) is 2.66. The molecule has 1 aromatic carbocycles. The lowest BCUT2D eigenvalue weighted by molar-refractivity contribution is -0.384. The maximum absolute atomic E-state index is 12.1. The number of nitro benzene ring substituents is 1. The fraction of sp³-hybridized carbons (Fsp3) is 0.0769. The zero-order valence-electron chi connectivity index (χ0n) is 10.8. The fourth-order valence-electron chi connectivity index (χ4n) is 1.68. The van der Waals surface area contributed by atoms with Gasteiger partial charge < -0.3 is 5.32 Å². The van der Waals surface area contributed by atoms with Crippen molar-refractivity contribution in [2.45, 2.75) is 6.92 Å². The van der Waals surface area contributed by atoms with Gasteiger partial charge in [0.1, 0.15) is 10.8 Å². The molecule has 2 rings (SSSR count). The SMILES string of the molecule is Cc1ccc(NC(=O)c2cc(Cl)ncc2Cl)c([N+](=O)[O-])c1. The van der Waals surface area contributed by atoms with Gasteiger partial charge in [-0.05, 0) is 24.6 Å². The molecular formula is C13H9Cl2N3O3. The van der Waals surface area contributed by atoms with Gasteiger partial charge in [-0.15, -0.1) is 0 Å². The summed E-state index contributed by atoms with van der Waals surface area (Å²) in [6, 6.07) is 5.78. The molecule has 8 heteroatoms. The van der Waals surface area contributed by atoms with E-state index in [1.807, 2.05) is 0 Å². The Balaban J connectivity index is 2.36. The molecule has 0 spiro atoms. The normalized spacial score (nSPS) is 10.2. The fourth-order valence-corrected chi connectivity index (χ4v) is 2.02. The summed E-state index contributed by atoms with van der Waals surface area (Å²) in [5.74, 6) is -0.601. The lowest BCUT2D eigenvalue weighted by Crippen LogP contribution is -2.14. The van der Waals surface area contributed by atoms with E-state index in [0.29, 0.717) is 5.56 Å². The molecule has 0 saturated carbocycles. The molecule has 1 heterocycles. The Bertz CT molecular complexity index is 735. The van der Waals surface area contributed by atoms with Gasteiger partial charge in [0.05, 0.1) is 15.5 Å². The van der Waals surface area contributed by atoms with E-state index in [1.165, 1.54) is 24.4 Å². The van der Waals surface area contributed by atoms with Gasteiger partial charge >= 0.3 is 0 Å². The number of amides is 1. The van der Waals surface area contributed by atoms with Gasteiger partial charge in [0.25, 0.3) is 11.6 Å². The van der Waals surface area contributed by atoms with Crippen molar-refractivity contribution in [2.24, 2.45) is 0 Å². The summed E-state index contributed by atoms with van der Waals surface area (Å²) in [6.45, 7) is 1.72. The smallest absolute Gasteiger partial charge is 0.293 e. The average molecular weight is 326 g/mol. The molecule has 1 amide bonds. The number of carbonyl (C=O) groups is 1. The monoisotopic (exact) mass is 325 g/mol. The number of carbonyl (C=O) groups excluding carboxylic acids is 1. The lowest BCUT2D eigenvalue weighted by Gasteiger charge is -2.08. The quantitative estimate of drug-likeness (QED) is 0.527. The summed E-state index contributed by atoms with van der Waals surface area (Å²) >= 11 is 11.6. The molecule has 0 radical (unpaired) electrons. The maximum Gasteiger partial charge on any atom is 0.293 e. The molecule has 0 bridgehead atoms. The van der Waals surface area contributed by atoms with Crippen LogP contribution in [-0.2, 0) is 0 Å². The molecule has 1 aromatic heterocycles. The lowest BCUT2D eigenvalue weighted by atomic mass is 10.2. The Morgan fingerprint density at radius 2 is 2.05 bits per heavy atom. The predicted molar refractivity (Wildman–Crippen MR) is 80.0 cm³/mol. The van der Waals surface area contributed by atoms with Crippen LogP contribution in [0.4, 0.5) is 11.4 Å². The maximum atomic E-state index is 12.1. The Morgan fingerprint density at radius 3 is 2.71 bits per heavy atom. The molecule has 0 aliphatic carbocycles. The number of pyridine rings is 1. The molecule has 0 atom stereocenters. The molecule has 108 valence electrons. The topological polar surface area (TPSA) is 85.1 Å². The highest BCUT2D eigenvalue weighted by molar-refractivity contribution is 6.35. The Labute approximate surface area is 129 Å². The van der Waals surface area contributed by atoms with Gasteiger partial charge in [-0.3, -0.25) is 14.9 Å². The highest BCUT2D eigenvalue weighted by Crippen LogP contribution is 2.27. The van der Waals surface area contributed by atoms with E-state index in [4.69, 9.17) is 23.2 Å². The first-order valence-corrected chi connectivity index (χ1v) is 6.51. The second-order valence-corrected chi connectivity index (χ2v) is 5.01. The second-order valence-electron chi connectivity index (χ2n) is 4.22. The van der Waals surface area contributed by atoms with Crippen LogP contribution in [0.1, 0.15) is 15.9 Å². The van der Waals surface area contributed by atoms with Crippen LogP contribution in [0.2, 0.25) is 10.2 Å². The number of nitrogens with one attached hydrogen (secondary N) is 1. The second kappa shape index (κ2) is 6.07. The predicted octanol–water partition coefficient (Wildman–Crippen LogP) is 3.86. The Hall–Kier alpha value is -2.18. The number of anilines is 1. The molecule has 0 aliphatic rings. The van der Waals surface area contributed by atoms with Crippen LogP contribution in [0.25, 0.3) is 0 Å². The third-order valence-corrected chi connectivity index (χ3v) is 3.17. The highest BCUT2D eigenvalue weighted by Gasteiger charge is 2.18. The summed E-state index contributed by atoms with van der Waals surface area (Å²) in [5.41, 5.74) is 0.690. The summed E-state index contributed by atoms with van der Waals surface area (Å²) in [5, 5.41) is 13.7. The molecule has 1 N–H and O–H groups in total. The van der Waals surface area contributed by atoms with Crippen LogP contribution in [0.15, 0.2) is 30.5 Å². The zero-order valence-corrected chi connectivity index (χ0v) is 12.3. The van der Waals surface area contributed by atoms with Crippen LogP contribution in [0.5, 0.6) is 0 Å². The van der Waals surface area contributed by atoms with Crippen molar-refractivity contribution in [3.63, 3.8) is 0 Å². The van der Waals surface area contributed by atoms with Crippen molar-refractivity contribution in [1.82, 2.24) is 4.98 Å². The van der Waals surface area contributed by atoms with Crippen molar-refractivity contribution in [2.75, 3.05) is 5.32 Å². The van der Waals surface area contributed by atoms with E-state index >= 15 is 0 Å². The van der Waals surface area contributed by atoms with Gasteiger partial charge in [-0.2, -0.15) is 0 Å². The van der Waals surface area contributed by atoms with E-state index < -0.39 is 10.8 Å². The highest BCUT2D eigenvalue weighted by atomic mass is 35.5. The van der Waals surface area contributed by atoms with Crippen molar-refractivity contribution in [3.8, 4) is 0 Å². The van der Waals surface area contributed by atoms with Crippen LogP contribution < -0.4 is 5.32 Å². The number of nitro groups is 1. The largest absolute Gasteiger partial charge is 0.316 e. The van der Waals surface area contributed by atoms with E-state index in [2.05, 4.69) is 10.3 Å². The number of rotatable bonds is 3. The first-order valence-electron chi connectivity index (χ1n) is 5.76. The third kappa shape index (κ3) is 3.48. The minimum Gasteiger partial charge on any atom is -0.316 e. The number of halogens is 2. The van der Waals surface area contributed by atoms with Gasteiger partial charge in [-0.1, -0.05) is 29.3 Å². The molecule has 0 saturated heterocycles. The molecule has 0 fully saturated rings. The van der Waals surface area contributed by atoms with Gasteiger partial charge in [0.15, 0.2) is 0 Å². The van der Waals surface area contributed by atoms with E-state index in [-0.39, 0.29) is 27.1 Å². The average Bonchev–Trinajstić information content (AvgIpc) is 2.43. The van der Waals surface area contributed by atoms with E-state index in [9.17, 15) is 14.9 Å². The standard InChI is InChI=1S/C13H9Cl2N3O3/c1-7-2-3-10(11(4-7)18(20)21)17-13(19)8-5-12(15)16-6-9(8)14/h2-6H,1H3,(H,17,19). The number of nitrogens with zero attached hydrogens (tertiary/aromatic N) is 2. The van der Waals surface area contributed by atoms with Crippen molar-refractivity contribution in [3.05, 3.63) is 61.9 Å². The first kappa shape index (κ1) is 15.2. The molecule has 0 aliphatic heterocycles. The van der Waals surface area contributed by atoms with Crippen LogP contribution in [-0.4, -0.2) is 15.8 Å². The Morgan fingerprint density at radius 1 is 1.33 bits per heavy atom. The summed E-state index contributed by atoms with van der Waals surface area (Å²) in [6.07, 6.45) is 1.24. The molecule has 6 nitrogen and oxygen atoms in total. The van der Waals surface area contributed by atoms with Crippen LogP contribution >= 0.6 is 23.2 Å². The van der Waals surface area contributed by atoms with E-state index in [0.717, 1.165) is 0 Å². The zero-order chi connectivity index (χ0) is 15.6. The Kier molecular flexibility index (Phi) is 4.40. The molecule has 2 aromatic rings. The summed E-state index contributed by atoms with van der Waals surface area (Å²) in [7, 11) is 0. The number of aryl methyl sites for hydroxylation is 1. The van der Waals surface area contributed by atoms with Crippen LogP contribution in [0.3, 0.4) is 0 Å². The number of hydrogen-bond donors (Lipinski definition) is 1. The van der Waals surface area contributed by atoms with Crippen LogP contribution in [0, 0.1) is 17.0 Å². The van der Waals surface area contributed by atoms with Crippen molar-refractivity contribution >= 4 is 40.5 Å². The van der Waals surface area contributed by atoms with Gasteiger partial charge in [0, 0.05) is 12.3 Å². The van der Waals surface area contributed by atoms with Gasteiger partial charge in [0.2, 0.25) is 0 Å². The van der Waals surface area contributed by atoms with Crippen molar-refractivity contribution < 1.29 is 9.72 Å². The summed E-state index contributed by atoms with van der Waals surface area (Å²) in [4.78, 5) is 26.3. The minimum absolute atomic E-state index is 0.0830.